The van der Waals surface area contributed by atoms with E-state index in [0.29, 0.717) is 23.4 Å². The van der Waals surface area contributed by atoms with Gasteiger partial charge in [0.25, 0.3) is 5.91 Å². The summed E-state index contributed by atoms with van der Waals surface area (Å²) in [6.07, 6.45) is 2.12. The summed E-state index contributed by atoms with van der Waals surface area (Å²) in [6.45, 7) is 1.81. The molecule has 2 aliphatic rings. The molecule has 1 N–H and O–H groups in total. The molecule has 6 nitrogen and oxygen atoms in total. The van der Waals surface area contributed by atoms with Crippen molar-refractivity contribution in [2.24, 2.45) is 0 Å². The summed E-state index contributed by atoms with van der Waals surface area (Å²) >= 11 is 0. The van der Waals surface area contributed by atoms with Gasteiger partial charge in [-0.1, -0.05) is 60.5 Å². The minimum atomic E-state index is -2.03. The Balaban J connectivity index is 1.47. The minimum absolute atomic E-state index is 0.233. The van der Waals surface area contributed by atoms with Gasteiger partial charge in [0, 0.05) is 18.8 Å². The lowest BCUT2D eigenvalue weighted by atomic mass is 9.93. The van der Waals surface area contributed by atoms with E-state index in [1.54, 1.807) is 29.2 Å². The van der Waals surface area contributed by atoms with Gasteiger partial charge in [-0.15, -0.1) is 0 Å². The van der Waals surface area contributed by atoms with Crippen molar-refractivity contribution in [3.8, 4) is 11.8 Å². The summed E-state index contributed by atoms with van der Waals surface area (Å²) in [4.78, 5) is 29.7. The van der Waals surface area contributed by atoms with Gasteiger partial charge in [-0.25, -0.2) is 4.79 Å². The van der Waals surface area contributed by atoms with Crippen LogP contribution in [0.15, 0.2) is 78.9 Å². The van der Waals surface area contributed by atoms with Crippen LogP contribution in [0.4, 0.5) is 11.4 Å². The van der Waals surface area contributed by atoms with Crippen LogP contribution in [0.1, 0.15) is 34.3 Å². The van der Waals surface area contributed by atoms with Crippen LogP contribution in [0, 0.1) is 11.8 Å². The number of anilines is 2. The Morgan fingerprint density at radius 1 is 0.914 bits per heavy atom. The zero-order valence-corrected chi connectivity index (χ0v) is 19.3. The van der Waals surface area contributed by atoms with Crippen molar-refractivity contribution < 1.29 is 19.4 Å². The van der Waals surface area contributed by atoms with Crippen molar-refractivity contribution in [3.05, 3.63) is 95.6 Å². The fourth-order valence-electron chi connectivity index (χ4n) is 4.72. The Bertz CT molecular complexity index is 1290. The molecule has 0 saturated carbocycles. The van der Waals surface area contributed by atoms with E-state index in [-0.39, 0.29) is 6.61 Å². The van der Waals surface area contributed by atoms with E-state index in [4.69, 9.17) is 4.74 Å². The predicted molar refractivity (Wildman–Crippen MR) is 134 cm³/mol. The van der Waals surface area contributed by atoms with Crippen molar-refractivity contribution >= 4 is 23.3 Å². The fourth-order valence-corrected chi connectivity index (χ4v) is 4.72. The number of carbonyl (C=O) groups excluding carboxylic acids is 2. The summed E-state index contributed by atoms with van der Waals surface area (Å²) in [5.41, 5.74) is 1.32. The van der Waals surface area contributed by atoms with E-state index in [1.165, 1.54) is 0 Å². The summed E-state index contributed by atoms with van der Waals surface area (Å²) in [7, 11) is 0. The first-order chi connectivity index (χ1) is 17.1. The smallest absolute Gasteiger partial charge is 0.339 e. The lowest BCUT2D eigenvalue weighted by molar-refractivity contribution is -0.130. The number of aliphatic hydroxyl groups is 1. The van der Waals surface area contributed by atoms with Crippen molar-refractivity contribution in [1.82, 2.24) is 0 Å². The molecule has 1 atom stereocenters. The summed E-state index contributed by atoms with van der Waals surface area (Å²) in [6, 6.07) is 24.0. The third kappa shape index (κ3) is 4.39. The van der Waals surface area contributed by atoms with Gasteiger partial charge in [0.1, 0.15) is 0 Å². The van der Waals surface area contributed by atoms with E-state index in [0.717, 1.165) is 37.2 Å². The van der Waals surface area contributed by atoms with Crippen molar-refractivity contribution in [2.45, 2.75) is 25.0 Å². The van der Waals surface area contributed by atoms with Crippen LogP contribution >= 0.6 is 0 Å². The molecule has 35 heavy (non-hydrogen) atoms. The highest BCUT2D eigenvalue weighted by molar-refractivity contribution is 6.10. The molecule has 1 unspecified atom stereocenters. The second-order valence-electron chi connectivity index (χ2n) is 8.70. The highest BCUT2D eigenvalue weighted by Crippen LogP contribution is 2.46. The molecule has 6 heteroatoms. The Morgan fingerprint density at radius 3 is 2.29 bits per heavy atom. The van der Waals surface area contributed by atoms with Gasteiger partial charge in [0.15, 0.2) is 6.61 Å². The average Bonchev–Trinajstić information content (AvgIpc) is 3.51. The lowest BCUT2D eigenvalue weighted by Crippen LogP contribution is -2.39. The summed E-state index contributed by atoms with van der Waals surface area (Å²) < 4.78 is 5.25. The topological polar surface area (TPSA) is 70.1 Å². The standard InChI is InChI=1S/C29H26N2O4/c32-27(23-13-5-2-6-14-23)35-20-10-17-29(34)26-24(30-18-7-8-19-30)15-9-16-25(26)31(28(29)33)21-22-11-3-1-4-12-22/h1-6,9,11-16,34H,7-8,18-21H2. The molecule has 2 aliphatic heterocycles. The monoisotopic (exact) mass is 466 g/mol. The maximum atomic E-state index is 13.7. The van der Waals surface area contributed by atoms with Gasteiger partial charge in [-0.2, -0.15) is 0 Å². The van der Waals surface area contributed by atoms with E-state index < -0.39 is 17.5 Å². The largest absolute Gasteiger partial charge is 0.449 e. The summed E-state index contributed by atoms with van der Waals surface area (Å²) in [5.74, 6) is 4.49. The molecule has 1 amide bonds. The van der Waals surface area contributed by atoms with Crippen LogP contribution in [-0.4, -0.2) is 36.7 Å². The van der Waals surface area contributed by atoms with Crippen molar-refractivity contribution in [3.63, 3.8) is 0 Å². The Morgan fingerprint density at radius 2 is 1.57 bits per heavy atom. The predicted octanol–water partition coefficient (Wildman–Crippen LogP) is 3.88. The van der Waals surface area contributed by atoms with Crippen molar-refractivity contribution in [2.75, 3.05) is 29.5 Å². The number of esters is 1. The van der Waals surface area contributed by atoms with E-state index in [1.807, 2.05) is 54.6 Å². The SMILES string of the molecule is O=C(OCC#CC1(O)C(=O)N(Cc2ccccc2)c2cccc(N3CCCC3)c21)c1ccccc1. The molecular weight excluding hydrogens is 440 g/mol. The number of ether oxygens (including phenoxy) is 1. The highest BCUT2D eigenvalue weighted by atomic mass is 16.5. The molecule has 1 fully saturated rings. The second-order valence-corrected chi connectivity index (χ2v) is 8.70. The molecule has 176 valence electrons. The normalized spacial score (nSPS) is 18.7. The molecular formula is C29H26N2O4. The summed E-state index contributed by atoms with van der Waals surface area (Å²) in [5, 5.41) is 11.8. The lowest BCUT2D eigenvalue weighted by Gasteiger charge is -2.24. The first-order valence-electron chi connectivity index (χ1n) is 11.8. The Hall–Kier alpha value is -4.08. The van der Waals surface area contributed by atoms with Gasteiger partial charge in [-0.05, 0) is 48.6 Å². The molecule has 1 saturated heterocycles. The molecule has 0 aromatic heterocycles. The van der Waals surface area contributed by atoms with Crippen LogP contribution in [0.25, 0.3) is 0 Å². The molecule has 0 radical (unpaired) electrons. The van der Waals surface area contributed by atoms with E-state index in [9.17, 15) is 14.7 Å². The first kappa shape index (κ1) is 22.7. The second kappa shape index (κ2) is 9.65. The maximum absolute atomic E-state index is 13.7. The molecule has 0 spiro atoms. The Labute approximate surface area is 204 Å². The molecule has 5 rings (SSSR count). The maximum Gasteiger partial charge on any atom is 0.339 e. The molecule has 3 aromatic carbocycles. The molecule has 3 aromatic rings. The zero-order valence-electron chi connectivity index (χ0n) is 19.3. The van der Waals surface area contributed by atoms with Gasteiger partial charge >= 0.3 is 5.97 Å². The molecule has 0 aliphatic carbocycles. The molecule has 0 bridgehead atoms. The first-order valence-corrected chi connectivity index (χ1v) is 11.8. The van der Waals surface area contributed by atoms with Crippen LogP contribution in [0.5, 0.6) is 0 Å². The molecule has 2 heterocycles. The van der Waals surface area contributed by atoms with E-state index in [2.05, 4.69) is 16.7 Å². The zero-order chi connectivity index (χ0) is 24.3. The number of carbonyl (C=O) groups is 2. The number of amides is 1. The third-order valence-electron chi connectivity index (χ3n) is 6.41. The van der Waals surface area contributed by atoms with Crippen molar-refractivity contribution in [1.29, 1.82) is 0 Å². The van der Waals surface area contributed by atoms with Gasteiger partial charge in [0.05, 0.1) is 23.4 Å². The van der Waals surface area contributed by atoms with Crippen LogP contribution in [-0.2, 0) is 21.7 Å². The third-order valence-corrected chi connectivity index (χ3v) is 6.41. The van der Waals surface area contributed by atoms with Crippen LogP contribution in [0.3, 0.4) is 0 Å². The number of hydrogen-bond acceptors (Lipinski definition) is 5. The van der Waals surface area contributed by atoms with Crippen LogP contribution in [0.2, 0.25) is 0 Å². The van der Waals surface area contributed by atoms with Gasteiger partial charge in [-0.3, -0.25) is 4.79 Å². The van der Waals surface area contributed by atoms with E-state index >= 15 is 0 Å². The fraction of sp³-hybridized carbons (Fsp3) is 0.241. The van der Waals surface area contributed by atoms with Gasteiger partial charge in [0.2, 0.25) is 5.60 Å². The van der Waals surface area contributed by atoms with Crippen LogP contribution < -0.4 is 9.80 Å². The number of hydrogen-bond donors (Lipinski definition) is 1. The van der Waals surface area contributed by atoms with Gasteiger partial charge < -0.3 is 19.6 Å². The highest BCUT2D eigenvalue weighted by Gasteiger charge is 2.51. The quantitative estimate of drug-likeness (QED) is 0.457. The number of fused-ring (bicyclic) bond motifs is 1. The minimum Gasteiger partial charge on any atom is -0.449 e. The average molecular weight is 467 g/mol. The number of rotatable bonds is 5. The number of nitrogens with zero attached hydrogens (tertiary/aromatic N) is 2. The Kier molecular flexibility index (Phi) is 6.26. The number of benzene rings is 3.